The third-order valence-electron chi connectivity index (χ3n) is 3.75. The first-order valence-corrected chi connectivity index (χ1v) is 7.72. The lowest BCUT2D eigenvalue weighted by molar-refractivity contribution is 0.233. The quantitative estimate of drug-likeness (QED) is 0.811. The van der Waals surface area contributed by atoms with Gasteiger partial charge in [-0.2, -0.15) is 0 Å². The zero-order valence-corrected chi connectivity index (χ0v) is 13.4. The van der Waals surface area contributed by atoms with E-state index in [1.807, 2.05) is 12.1 Å². The zero-order chi connectivity index (χ0) is 15.2. The van der Waals surface area contributed by atoms with Crippen molar-refractivity contribution in [2.24, 2.45) is 5.73 Å². The first-order valence-electron chi connectivity index (χ1n) is 7.72. The summed E-state index contributed by atoms with van der Waals surface area (Å²) in [6.07, 6.45) is 1.15. The van der Waals surface area contributed by atoms with E-state index in [0.29, 0.717) is 6.54 Å². The second-order valence-electron chi connectivity index (χ2n) is 5.78. The van der Waals surface area contributed by atoms with Crippen LogP contribution >= 0.6 is 0 Å². The van der Waals surface area contributed by atoms with Crippen LogP contribution < -0.4 is 5.73 Å². The molecule has 0 amide bonds. The molecule has 1 aromatic heterocycles. The smallest absolute Gasteiger partial charge is 0.134 e. The van der Waals surface area contributed by atoms with Gasteiger partial charge in [0.25, 0.3) is 0 Å². The Morgan fingerprint density at radius 2 is 1.86 bits per heavy atom. The van der Waals surface area contributed by atoms with Gasteiger partial charge >= 0.3 is 0 Å². The Morgan fingerprint density at radius 3 is 2.52 bits per heavy atom. The summed E-state index contributed by atoms with van der Waals surface area (Å²) in [5, 5.41) is 1.20. The maximum absolute atomic E-state index is 5.89. The van der Waals surface area contributed by atoms with Crippen molar-refractivity contribution in [2.45, 2.75) is 26.4 Å². The molecule has 116 valence electrons. The molecule has 2 rings (SSSR count). The Bertz CT molecular complexity index is 562. The van der Waals surface area contributed by atoms with Crippen LogP contribution in [-0.2, 0) is 13.1 Å². The van der Waals surface area contributed by atoms with E-state index >= 15 is 0 Å². The summed E-state index contributed by atoms with van der Waals surface area (Å²) in [7, 11) is 4.23. The van der Waals surface area contributed by atoms with Gasteiger partial charge in [-0.1, -0.05) is 25.1 Å². The van der Waals surface area contributed by atoms with Crippen LogP contribution in [0.1, 0.15) is 24.7 Å². The molecule has 0 aliphatic carbocycles. The molecule has 0 spiro atoms. The van der Waals surface area contributed by atoms with E-state index < -0.39 is 0 Å². The van der Waals surface area contributed by atoms with Gasteiger partial charge in [0, 0.05) is 30.6 Å². The standard InChI is InChI=1S/C17H27N3O/c1-4-9-20(11-10-19(2)3)13-15-14-7-5-6-8-16(14)21-17(15)12-18/h5-8H,4,9-13,18H2,1-3H3. The van der Waals surface area contributed by atoms with Gasteiger partial charge in [0.05, 0.1) is 6.54 Å². The highest BCUT2D eigenvalue weighted by molar-refractivity contribution is 5.82. The van der Waals surface area contributed by atoms with Crippen molar-refractivity contribution in [1.29, 1.82) is 0 Å². The average Bonchev–Trinajstić information content (AvgIpc) is 2.83. The van der Waals surface area contributed by atoms with Gasteiger partial charge in [-0.3, -0.25) is 4.90 Å². The lowest BCUT2D eigenvalue weighted by atomic mass is 10.1. The molecular formula is C17H27N3O. The van der Waals surface area contributed by atoms with Crippen molar-refractivity contribution >= 4 is 11.0 Å². The summed E-state index contributed by atoms with van der Waals surface area (Å²) < 4.78 is 5.89. The lowest BCUT2D eigenvalue weighted by Crippen LogP contribution is -2.32. The molecule has 0 fully saturated rings. The van der Waals surface area contributed by atoms with Crippen molar-refractivity contribution in [3.63, 3.8) is 0 Å². The molecule has 0 unspecified atom stereocenters. The number of benzene rings is 1. The maximum atomic E-state index is 5.89. The predicted octanol–water partition coefficient (Wildman–Crippen LogP) is 2.67. The molecule has 0 aliphatic heterocycles. The maximum Gasteiger partial charge on any atom is 0.134 e. The number of rotatable bonds is 8. The van der Waals surface area contributed by atoms with Crippen molar-refractivity contribution in [2.75, 3.05) is 33.7 Å². The van der Waals surface area contributed by atoms with E-state index in [1.54, 1.807) is 0 Å². The van der Waals surface area contributed by atoms with Crippen LogP contribution in [0.3, 0.4) is 0 Å². The monoisotopic (exact) mass is 289 g/mol. The summed E-state index contributed by atoms with van der Waals surface area (Å²) in [4.78, 5) is 4.70. The number of nitrogens with two attached hydrogens (primary N) is 1. The second kappa shape index (κ2) is 7.59. The Balaban J connectivity index is 2.22. The summed E-state index contributed by atoms with van der Waals surface area (Å²) in [6, 6.07) is 8.21. The van der Waals surface area contributed by atoms with Crippen LogP contribution in [0.2, 0.25) is 0 Å². The van der Waals surface area contributed by atoms with E-state index in [1.165, 1.54) is 10.9 Å². The number of furan rings is 1. The molecule has 1 aromatic carbocycles. The summed E-state index contributed by atoms with van der Waals surface area (Å²) in [5.41, 5.74) is 8.06. The molecule has 0 bridgehead atoms. The average molecular weight is 289 g/mol. The third kappa shape index (κ3) is 4.06. The molecule has 0 saturated carbocycles. The van der Waals surface area contributed by atoms with Gasteiger partial charge in [-0.05, 0) is 33.1 Å². The molecule has 1 heterocycles. The van der Waals surface area contributed by atoms with Crippen molar-refractivity contribution in [1.82, 2.24) is 9.80 Å². The molecule has 2 N–H and O–H groups in total. The predicted molar refractivity (Wildman–Crippen MR) is 88.2 cm³/mol. The van der Waals surface area contributed by atoms with E-state index in [-0.39, 0.29) is 0 Å². The number of likely N-dealkylation sites (N-methyl/N-ethyl adjacent to an activating group) is 1. The number of para-hydroxylation sites is 1. The molecule has 0 radical (unpaired) electrons. The number of fused-ring (bicyclic) bond motifs is 1. The molecule has 4 nitrogen and oxygen atoms in total. The number of hydrogen-bond donors (Lipinski definition) is 1. The fourth-order valence-corrected chi connectivity index (χ4v) is 2.64. The van der Waals surface area contributed by atoms with E-state index in [2.05, 4.69) is 43.0 Å². The van der Waals surface area contributed by atoms with Crippen molar-refractivity contribution < 1.29 is 4.42 Å². The normalized spacial score (nSPS) is 11.9. The van der Waals surface area contributed by atoms with Crippen LogP contribution in [0.5, 0.6) is 0 Å². The zero-order valence-electron chi connectivity index (χ0n) is 13.4. The Labute approximate surface area is 127 Å². The van der Waals surface area contributed by atoms with Gasteiger partial charge in [0.1, 0.15) is 11.3 Å². The topological polar surface area (TPSA) is 45.6 Å². The molecule has 2 aromatic rings. The third-order valence-corrected chi connectivity index (χ3v) is 3.75. The number of nitrogens with zero attached hydrogens (tertiary/aromatic N) is 2. The van der Waals surface area contributed by atoms with E-state index in [0.717, 1.165) is 43.9 Å². The highest BCUT2D eigenvalue weighted by Gasteiger charge is 2.15. The molecule has 0 atom stereocenters. The molecule has 0 aliphatic rings. The lowest BCUT2D eigenvalue weighted by Gasteiger charge is -2.23. The van der Waals surface area contributed by atoms with E-state index in [9.17, 15) is 0 Å². The Hall–Kier alpha value is -1.36. The van der Waals surface area contributed by atoms with Gasteiger partial charge in [0.15, 0.2) is 0 Å². The minimum absolute atomic E-state index is 0.456. The highest BCUT2D eigenvalue weighted by atomic mass is 16.3. The molecule has 4 heteroatoms. The van der Waals surface area contributed by atoms with Gasteiger partial charge < -0.3 is 15.1 Å². The first kappa shape index (κ1) is 16.0. The summed E-state index contributed by atoms with van der Waals surface area (Å²) in [6.45, 7) is 6.80. The minimum Gasteiger partial charge on any atom is -0.459 e. The largest absolute Gasteiger partial charge is 0.459 e. The Kier molecular flexibility index (Phi) is 5.79. The Morgan fingerprint density at radius 1 is 1.10 bits per heavy atom. The van der Waals surface area contributed by atoms with Gasteiger partial charge in [-0.25, -0.2) is 0 Å². The molecule has 0 saturated heterocycles. The van der Waals surface area contributed by atoms with Crippen LogP contribution in [-0.4, -0.2) is 43.5 Å². The van der Waals surface area contributed by atoms with Gasteiger partial charge in [0.2, 0.25) is 0 Å². The highest BCUT2D eigenvalue weighted by Crippen LogP contribution is 2.26. The summed E-state index contributed by atoms with van der Waals surface area (Å²) in [5.74, 6) is 0.919. The number of hydrogen-bond acceptors (Lipinski definition) is 4. The second-order valence-corrected chi connectivity index (χ2v) is 5.78. The molecule has 21 heavy (non-hydrogen) atoms. The van der Waals surface area contributed by atoms with Crippen LogP contribution in [0.4, 0.5) is 0 Å². The van der Waals surface area contributed by atoms with Crippen molar-refractivity contribution in [3.05, 3.63) is 35.6 Å². The molecular weight excluding hydrogens is 262 g/mol. The van der Waals surface area contributed by atoms with Gasteiger partial charge in [-0.15, -0.1) is 0 Å². The minimum atomic E-state index is 0.456. The van der Waals surface area contributed by atoms with E-state index in [4.69, 9.17) is 10.2 Å². The fourth-order valence-electron chi connectivity index (χ4n) is 2.64. The van der Waals surface area contributed by atoms with Crippen LogP contribution in [0, 0.1) is 0 Å². The SMILES string of the molecule is CCCN(CCN(C)C)Cc1c(CN)oc2ccccc12. The summed E-state index contributed by atoms with van der Waals surface area (Å²) >= 11 is 0. The fraction of sp³-hybridized carbons (Fsp3) is 0.529. The van der Waals surface area contributed by atoms with Crippen LogP contribution in [0.15, 0.2) is 28.7 Å². The van der Waals surface area contributed by atoms with Crippen LogP contribution in [0.25, 0.3) is 11.0 Å². The first-order chi connectivity index (χ1) is 10.2. The van der Waals surface area contributed by atoms with Crippen molar-refractivity contribution in [3.8, 4) is 0 Å².